The molecule has 3 fully saturated rings. The molecule has 25 heavy (non-hydrogen) atoms. The molecule has 0 N–H and O–H groups in total. The molecule has 138 valence electrons. The van der Waals surface area contributed by atoms with Crippen molar-refractivity contribution in [2.75, 3.05) is 0 Å². The van der Waals surface area contributed by atoms with Gasteiger partial charge in [-0.3, -0.25) is 4.79 Å². The van der Waals surface area contributed by atoms with Crippen LogP contribution in [0.1, 0.15) is 67.7 Å². The Hall–Kier alpha value is -0.850. The van der Waals surface area contributed by atoms with Gasteiger partial charge in [-0.15, -0.1) is 0 Å². The van der Waals surface area contributed by atoms with Gasteiger partial charge in [0.2, 0.25) is 0 Å². The molecular weight excluding hydrogens is 304 g/mol. The molecule has 4 rings (SSSR count). The molecule has 0 bridgehead atoms. The van der Waals surface area contributed by atoms with Crippen LogP contribution in [0.5, 0.6) is 0 Å². The van der Waals surface area contributed by atoms with Crippen LogP contribution >= 0.6 is 0 Å². The Labute approximate surface area is 154 Å². The lowest BCUT2D eigenvalue weighted by molar-refractivity contribution is -0.112. The first-order valence-electron chi connectivity index (χ1n) is 10.5. The smallest absolute Gasteiger partial charge is 0.178 e. The quantitative estimate of drug-likeness (QED) is 0.524. The van der Waals surface area contributed by atoms with Crippen LogP contribution in [0.3, 0.4) is 0 Å². The number of ketones is 1. The van der Waals surface area contributed by atoms with Crippen LogP contribution in [0.4, 0.5) is 0 Å². The second-order valence-electron chi connectivity index (χ2n) is 11.0. The van der Waals surface area contributed by atoms with Crippen molar-refractivity contribution in [3.63, 3.8) is 0 Å². The molecule has 0 radical (unpaired) electrons. The Balaban J connectivity index is 1.81. The molecule has 8 atom stereocenters. The molecule has 0 heterocycles. The molecule has 0 aromatic rings. The van der Waals surface area contributed by atoms with Gasteiger partial charge in [-0.25, -0.2) is 0 Å². The highest BCUT2D eigenvalue weighted by Crippen LogP contribution is 2.72. The van der Waals surface area contributed by atoms with Crippen LogP contribution < -0.4 is 0 Å². The van der Waals surface area contributed by atoms with E-state index < -0.39 is 0 Å². The average molecular weight is 341 g/mol. The van der Waals surface area contributed by atoms with E-state index in [1.165, 1.54) is 24.8 Å². The molecule has 0 saturated heterocycles. The summed E-state index contributed by atoms with van der Waals surface area (Å²) in [6.45, 7) is 17.5. The van der Waals surface area contributed by atoms with E-state index in [0.717, 1.165) is 23.7 Å². The van der Waals surface area contributed by atoms with Crippen LogP contribution in [0.2, 0.25) is 0 Å². The highest BCUT2D eigenvalue weighted by molar-refractivity contribution is 6.01. The van der Waals surface area contributed by atoms with Gasteiger partial charge >= 0.3 is 0 Å². The zero-order chi connectivity index (χ0) is 18.4. The zero-order valence-electron chi connectivity index (χ0n) is 17.2. The van der Waals surface area contributed by atoms with Gasteiger partial charge < -0.3 is 0 Å². The predicted octanol–water partition coefficient (Wildman–Crippen LogP) is 6.06. The van der Waals surface area contributed by atoms with Crippen LogP contribution in [-0.4, -0.2) is 5.78 Å². The summed E-state index contributed by atoms with van der Waals surface area (Å²) in [5.74, 6) is 4.58. The van der Waals surface area contributed by atoms with E-state index in [9.17, 15) is 4.79 Å². The van der Waals surface area contributed by atoms with E-state index in [2.05, 4.69) is 54.5 Å². The van der Waals surface area contributed by atoms with Crippen molar-refractivity contribution in [3.05, 3.63) is 23.8 Å². The van der Waals surface area contributed by atoms with Gasteiger partial charge in [0.1, 0.15) is 0 Å². The van der Waals surface area contributed by atoms with Gasteiger partial charge in [0.15, 0.2) is 5.78 Å². The largest absolute Gasteiger partial charge is 0.290 e. The van der Waals surface area contributed by atoms with E-state index in [4.69, 9.17) is 0 Å². The van der Waals surface area contributed by atoms with E-state index in [1.54, 1.807) is 0 Å². The summed E-state index contributed by atoms with van der Waals surface area (Å²) in [7, 11) is 0. The number of carbonyl (C=O) groups excluding carboxylic acids is 1. The lowest BCUT2D eigenvalue weighted by atomic mass is 9.42. The van der Waals surface area contributed by atoms with Crippen molar-refractivity contribution in [2.24, 2.45) is 51.8 Å². The standard InChI is InChI=1S/C24H36O/c1-14-10-18-20-11-16(3)22(4,5)24(20,7)13-15(2)21(18)23(6)9-8-17(25)12-19(14)23/h8-9,12,14-16,18,20-21H,10-11,13H2,1-7H3/t14?,15?,16?,18?,20?,21?,23-,24-/m0/s1. The molecule has 3 saturated carbocycles. The van der Waals surface area contributed by atoms with Crippen LogP contribution in [0, 0.1) is 51.8 Å². The molecule has 4 aliphatic rings. The van der Waals surface area contributed by atoms with Crippen molar-refractivity contribution < 1.29 is 4.79 Å². The molecule has 0 aliphatic heterocycles. The minimum absolute atomic E-state index is 0.0902. The van der Waals surface area contributed by atoms with Gasteiger partial charge in [0, 0.05) is 5.41 Å². The normalized spacial score (nSPS) is 53.7. The third kappa shape index (κ3) is 2.05. The Bertz CT molecular complexity index is 668. The Morgan fingerprint density at radius 2 is 1.72 bits per heavy atom. The number of hydrogen-bond donors (Lipinski definition) is 0. The molecule has 0 amide bonds. The van der Waals surface area contributed by atoms with Gasteiger partial charge in [-0.1, -0.05) is 60.1 Å². The molecule has 1 nitrogen and oxygen atoms in total. The molecule has 1 heteroatoms. The molecule has 6 unspecified atom stereocenters. The summed E-state index contributed by atoms with van der Waals surface area (Å²) in [6.07, 6.45) is 10.1. The van der Waals surface area contributed by atoms with Crippen molar-refractivity contribution in [3.8, 4) is 0 Å². The maximum Gasteiger partial charge on any atom is 0.178 e. The average Bonchev–Trinajstić information content (AvgIpc) is 2.68. The van der Waals surface area contributed by atoms with E-state index in [1.807, 2.05) is 12.2 Å². The van der Waals surface area contributed by atoms with Gasteiger partial charge in [-0.2, -0.15) is 0 Å². The summed E-state index contributed by atoms with van der Waals surface area (Å²) in [5.41, 5.74) is 2.39. The predicted molar refractivity (Wildman–Crippen MR) is 104 cm³/mol. The van der Waals surface area contributed by atoms with Gasteiger partial charge in [0.05, 0.1) is 0 Å². The Morgan fingerprint density at radius 3 is 2.40 bits per heavy atom. The summed E-state index contributed by atoms with van der Waals surface area (Å²) in [5, 5.41) is 0. The second kappa shape index (κ2) is 5.11. The maximum absolute atomic E-state index is 12.0. The lowest BCUT2D eigenvalue weighted by Gasteiger charge is -2.62. The van der Waals surface area contributed by atoms with Crippen LogP contribution in [-0.2, 0) is 4.79 Å². The molecule has 0 spiro atoms. The third-order valence-electron chi connectivity index (χ3n) is 9.83. The van der Waals surface area contributed by atoms with Crippen molar-refractivity contribution >= 4 is 5.78 Å². The maximum atomic E-state index is 12.0. The molecular formula is C24H36O. The van der Waals surface area contributed by atoms with E-state index in [0.29, 0.717) is 22.7 Å². The zero-order valence-corrected chi connectivity index (χ0v) is 17.2. The first-order chi connectivity index (χ1) is 11.5. The number of carbonyl (C=O) groups is 1. The van der Waals surface area contributed by atoms with Crippen molar-refractivity contribution in [1.82, 2.24) is 0 Å². The number of hydrogen-bond acceptors (Lipinski definition) is 1. The first-order valence-corrected chi connectivity index (χ1v) is 10.5. The lowest BCUT2D eigenvalue weighted by Crippen LogP contribution is -2.55. The highest BCUT2D eigenvalue weighted by Gasteiger charge is 2.65. The van der Waals surface area contributed by atoms with Crippen molar-refractivity contribution in [2.45, 2.75) is 67.7 Å². The Morgan fingerprint density at radius 1 is 1.04 bits per heavy atom. The van der Waals surface area contributed by atoms with E-state index in [-0.39, 0.29) is 11.2 Å². The monoisotopic (exact) mass is 340 g/mol. The molecule has 0 aromatic carbocycles. The fourth-order valence-electron chi connectivity index (χ4n) is 8.07. The molecule has 0 aromatic heterocycles. The second-order valence-corrected chi connectivity index (χ2v) is 11.0. The summed E-state index contributed by atoms with van der Waals surface area (Å²) in [4.78, 5) is 12.0. The molecule has 4 aliphatic carbocycles. The highest BCUT2D eigenvalue weighted by atomic mass is 16.1. The first kappa shape index (κ1) is 17.6. The number of allylic oxidation sites excluding steroid dienone is 4. The van der Waals surface area contributed by atoms with Gasteiger partial charge in [0.25, 0.3) is 0 Å². The summed E-state index contributed by atoms with van der Waals surface area (Å²) in [6, 6.07) is 0. The fraction of sp³-hybridized carbons (Fsp3) is 0.792. The fourth-order valence-corrected chi connectivity index (χ4v) is 8.07. The topological polar surface area (TPSA) is 17.1 Å². The Kier molecular flexibility index (Phi) is 3.59. The minimum atomic E-state index is 0.0902. The number of fused-ring (bicyclic) bond motifs is 5. The van der Waals surface area contributed by atoms with Crippen molar-refractivity contribution in [1.29, 1.82) is 0 Å². The minimum Gasteiger partial charge on any atom is -0.290 e. The summed E-state index contributed by atoms with van der Waals surface area (Å²) >= 11 is 0. The van der Waals surface area contributed by atoms with Gasteiger partial charge in [-0.05, 0) is 77.8 Å². The van der Waals surface area contributed by atoms with Crippen LogP contribution in [0.15, 0.2) is 23.8 Å². The van der Waals surface area contributed by atoms with Crippen LogP contribution in [0.25, 0.3) is 0 Å². The summed E-state index contributed by atoms with van der Waals surface area (Å²) < 4.78 is 0. The number of rotatable bonds is 0. The van der Waals surface area contributed by atoms with E-state index >= 15 is 0 Å². The SMILES string of the molecule is CC1CC2C(C(C)C[C@@]3(C)C2CC(C)C3(C)C)[C@@]2(C)C=CC(=O)C=C12. The third-order valence-corrected chi connectivity index (χ3v) is 9.83.